The van der Waals surface area contributed by atoms with Crippen molar-refractivity contribution in [1.29, 1.82) is 0 Å². The fraction of sp³-hybridized carbons (Fsp3) is 0.231. The van der Waals surface area contributed by atoms with Crippen molar-refractivity contribution in [2.45, 2.75) is 6.04 Å². The first kappa shape index (κ1) is 11.3. The molecule has 1 unspecified atom stereocenters. The van der Waals surface area contributed by atoms with Gasteiger partial charge in [-0.25, -0.2) is 0 Å². The van der Waals surface area contributed by atoms with Crippen LogP contribution in [0.4, 0.5) is 5.82 Å². The van der Waals surface area contributed by atoms with Gasteiger partial charge in [0.25, 0.3) is 0 Å². The maximum absolute atomic E-state index is 4.68. The number of rotatable bonds is 2. The largest absolute Gasteiger partial charge is 0.318 e. The number of benzene rings is 1. The predicted octanol–water partition coefficient (Wildman–Crippen LogP) is 2.68. The van der Waals surface area contributed by atoms with Gasteiger partial charge in [0.15, 0.2) is 11.0 Å². The molecule has 1 aliphatic heterocycles. The Morgan fingerprint density at radius 1 is 1.28 bits per heavy atom. The maximum atomic E-state index is 4.68. The standard InChI is InChI=1S/C13H14N4S/c1-17-8-7-12(16-17)15-13-14-11(9-18-13)10-5-3-2-4-6-10/h2-8,11H,9H2,1H3,(H,14,15,16). The molecule has 1 N–H and O–H groups in total. The fourth-order valence-electron chi connectivity index (χ4n) is 1.88. The zero-order valence-corrected chi connectivity index (χ0v) is 10.9. The molecule has 1 aromatic heterocycles. The first-order valence-corrected chi connectivity index (χ1v) is 6.82. The van der Waals surface area contributed by atoms with Crippen molar-refractivity contribution in [2.24, 2.45) is 12.0 Å². The third-order valence-corrected chi connectivity index (χ3v) is 3.75. The van der Waals surface area contributed by atoms with Crippen LogP contribution in [0, 0.1) is 0 Å². The lowest BCUT2D eigenvalue weighted by Crippen LogP contribution is -2.05. The van der Waals surface area contributed by atoms with Crippen LogP contribution < -0.4 is 5.32 Å². The van der Waals surface area contributed by atoms with Crippen molar-refractivity contribution in [1.82, 2.24) is 9.78 Å². The van der Waals surface area contributed by atoms with Crippen LogP contribution in [-0.2, 0) is 7.05 Å². The summed E-state index contributed by atoms with van der Waals surface area (Å²) in [6.45, 7) is 0. The predicted molar refractivity (Wildman–Crippen MR) is 75.9 cm³/mol. The number of hydrogen-bond acceptors (Lipinski definition) is 4. The topological polar surface area (TPSA) is 42.2 Å². The molecule has 1 aromatic carbocycles. The van der Waals surface area contributed by atoms with Crippen molar-refractivity contribution in [2.75, 3.05) is 11.1 Å². The summed E-state index contributed by atoms with van der Waals surface area (Å²) in [5, 5.41) is 8.47. The summed E-state index contributed by atoms with van der Waals surface area (Å²) in [6.07, 6.45) is 1.91. The number of aromatic nitrogens is 2. The highest BCUT2D eigenvalue weighted by atomic mass is 32.2. The lowest BCUT2D eigenvalue weighted by Gasteiger charge is -2.04. The normalized spacial score (nSPS) is 18.7. The molecule has 1 aliphatic rings. The molecule has 0 bridgehead atoms. The molecule has 3 rings (SSSR count). The van der Waals surface area contributed by atoms with Crippen LogP contribution in [0.5, 0.6) is 0 Å². The number of aryl methyl sites for hydroxylation is 1. The molecule has 92 valence electrons. The molecule has 2 aromatic rings. The second-order valence-corrected chi connectivity index (χ2v) is 5.18. The number of nitrogens with one attached hydrogen (secondary N) is 1. The van der Waals surface area contributed by atoms with Gasteiger partial charge in [0.05, 0.1) is 6.04 Å². The van der Waals surface area contributed by atoms with E-state index < -0.39 is 0 Å². The second kappa shape index (κ2) is 4.86. The van der Waals surface area contributed by atoms with Gasteiger partial charge in [0.2, 0.25) is 0 Å². The van der Waals surface area contributed by atoms with Gasteiger partial charge in [-0.15, -0.1) is 0 Å². The van der Waals surface area contributed by atoms with Gasteiger partial charge in [-0.1, -0.05) is 42.1 Å². The molecule has 18 heavy (non-hydrogen) atoms. The number of thioether (sulfide) groups is 1. The summed E-state index contributed by atoms with van der Waals surface area (Å²) in [5.74, 6) is 1.83. The van der Waals surface area contributed by atoms with E-state index in [4.69, 9.17) is 0 Å². The molecule has 5 heteroatoms. The number of nitrogens with zero attached hydrogens (tertiary/aromatic N) is 3. The Kier molecular flexibility index (Phi) is 3.06. The molecule has 0 aliphatic carbocycles. The summed E-state index contributed by atoms with van der Waals surface area (Å²) in [5.41, 5.74) is 1.27. The Bertz CT molecular complexity index is 561. The Morgan fingerprint density at radius 2 is 2.11 bits per heavy atom. The van der Waals surface area contributed by atoms with Gasteiger partial charge < -0.3 is 5.32 Å². The molecule has 0 fully saturated rings. The fourth-order valence-corrected chi connectivity index (χ4v) is 2.84. The van der Waals surface area contributed by atoms with E-state index in [1.54, 1.807) is 16.4 Å². The number of aliphatic imine (C=N–C) groups is 1. The van der Waals surface area contributed by atoms with Gasteiger partial charge in [0, 0.05) is 25.1 Å². The highest BCUT2D eigenvalue weighted by molar-refractivity contribution is 8.14. The molecular weight excluding hydrogens is 244 g/mol. The molecular formula is C13H14N4S. The van der Waals surface area contributed by atoms with E-state index in [-0.39, 0.29) is 6.04 Å². The minimum Gasteiger partial charge on any atom is -0.318 e. The van der Waals surface area contributed by atoms with E-state index in [0.29, 0.717) is 0 Å². The van der Waals surface area contributed by atoms with Gasteiger partial charge >= 0.3 is 0 Å². The number of hydrogen-bond donors (Lipinski definition) is 1. The SMILES string of the molecule is Cn1ccc(NC2=NC(c3ccccc3)CS2)n1. The lowest BCUT2D eigenvalue weighted by atomic mass is 10.1. The Balaban J connectivity index is 1.72. The highest BCUT2D eigenvalue weighted by Gasteiger charge is 2.20. The van der Waals surface area contributed by atoms with E-state index in [1.165, 1.54) is 5.56 Å². The van der Waals surface area contributed by atoms with E-state index in [0.717, 1.165) is 16.7 Å². The second-order valence-electron chi connectivity index (χ2n) is 4.17. The van der Waals surface area contributed by atoms with Crippen LogP contribution in [0.25, 0.3) is 0 Å². The zero-order valence-electron chi connectivity index (χ0n) is 10.1. The third-order valence-electron chi connectivity index (χ3n) is 2.78. The van der Waals surface area contributed by atoms with Crippen LogP contribution in [0.3, 0.4) is 0 Å². The van der Waals surface area contributed by atoms with Crippen LogP contribution in [-0.4, -0.2) is 20.7 Å². The van der Waals surface area contributed by atoms with E-state index in [9.17, 15) is 0 Å². The summed E-state index contributed by atoms with van der Waals surface area (Å²) in [7, 11) is 1.90. The van der Waals surface area contributed by atoms with Crippen molar-refractivity contribution in [3.05, 3.63) is 48.2 Å². The average Bonchev–Trinajstić information content (AvgIpc) is 3.01. The van der Waals surface area contributed by atoms with Crippen LogP contribution in [0.1, 0.15) is 11.6 Å². The molecule has 4 nitrogen and oxygen atoms in total. The third kappa shape index (κ3) is 2.41. The first-order chi connectivity index (χ1) is 8.81. The van der Waals surface area contributed by atoms with Gasteiger partial charge in [0.1, 0.15) is 0 Å². The van der Waals surface area contributed by atoms with E-state index >= 15 is 0 Å². The van der Waals surface area contributed by atoms with E-state index in [2.05, 4.69) is 39.7 Å². The molecule has 0 saturated heterocycles. The molecule has 0 amide bonds. The van der Waals surface area contributed by atoms with Crippen LogP contribution in [0.15, 0.2) is 47.6 Å². The van der Waals surface area contributed by atoms with Crippen LogP contribution >= 0.6 is 11.8 Å². The van der Waals surface area contributed by atoms with E-state index in [1.807, 2.05) is 25.4 Å². The highest BCUT2D eigenvalue weighted by Crippen LogP contribution is 2.30. The Hall–Kier alpha value is -1.75. The summed E-state index contributed by atoms with van der Waals surface area (Å²) < 4.78 is 1.77. The summed E-state index contributed by atoms with van der Waals surface area (Å²) >= 11 is 1.74. The Labute approximate surface area is 110 Å². The molecule has 2 heterocycles. The molecule has 0 saturated carbocycles. The number of amidine groups is 1. The number of anilines is 1. The monoisotopic (exact) mass is 258 g/mol. The first-order valence-electron chi connectivity index (χ1n) is 5.83. The van der Waals surface area contributed by atoms with Crippen molar-refractivity contribution in [3.8, 4) is 0 Å². The van der Waals surface area contributed by atoms with Gasteiger partial charge in [-0.2, -0.15) is 5.10 Å². The quantitative estimate of drug-likeness (QED) is 0.900. The minimum atomic E-state index is 0.252. The minimum absolute atomic E-state index is 0.252. The smallest absolute Gasteiger partial charge is 0.162 e. The molecule has 1 atom stereocenters. The lowest BCUT2D eigenvalue weighted by molar-refractivity contribution is 0.771. The maximum Gasteiger partial charge on any atom is 0.162 e. The molecule has 0 spiro atoms. The Morgan fingerprint density at radius 3 is 2.83 bits per heavy atom. The van der Waals surface area contributed by atoms with Crippen molar-refractivity contribution in [3.63, 3.8) is 0 Å². The summed E-state index contributed by atoms with van der Waals surface area (Å²) in [6, 6.07) is 12.6. The molecule has 0 radical (unpaired) electrons. The van der Waals surface area contributed by atoms with Crippen molar-refractivity contribution < 1.29 is 0 Å². The zero-order chi connectivity index (χ0) is 12.4. The van der Waals surface area contributed by atoms with Crippen LogP contribution in [0.2, 0.25) is 0 Å². The van der Waals surface area contributed by atoms with Gasteiger partial charge in [-0.3, -0.25) is 9.67 Å². The van der Waals surface area contributed by atoms with Crippen molar-refractivity contribution >= 4 is 22.7 Å². The summed E-state index contributed by atoms with van der Waals surface area (Å²) in [4.78, 5) is 4.68. The van der Waals surface area contributed by atoms with Gasteiger partial charge in [-0.05, 0) is 5.56 Å². The average molecular weight is 258 g/mol.